The molecule has 9 rings (SSSR count). The Balaban J connectivity index is 1.16. The van der Waals surface area contributed by atoms with Gasteiger partial charge in [-0.15, -0.1) is 0 Å². The number of hydrogen-bond donors (Lipinski definition) is 0. The first-order valence-corrected chi connectivity index (χ1v) is 22.0. The molecule has 0 radical (unpaired) electrons. The van der Waals surface area contributed by atoms with Crippen LogP contribution < -0.4 is 4.90 Å². The first-order chi connectivity index (χ1) is 28.5. The molecular formula is C59H59N. The van der Waals surface area contributed by atoms with E-state index < -0.39 is 0 Å². The summed E-state index contributed by atoms with van der Waals surface area (Å²) in [7, 11) is 0. The van der Waals surface area contributed by atoms with Crippen molar-refractivity contribution in [2.24, 2.45) is 0 Å². The van der Waals surface area contributed by atoms with Gasteiger partial charge in [-0.2, -0.15) is 0 Å². The molecule has 1 aliphatic carbocycles. The zero-order valence-corrected chi connectivity index (χ0v) is 37.5. The van der Waals surface area contributed by atoms with Crippen molar-refractivity contribution in [3.8, 4) is 44.5 Å². The van der Waals surface area contributed by atoms with Gasteiger partial charge in [0.1, 0.15) is 0 Å². The number of nitrogens with zero attached hydrogens (tertiary/aromatic N) is 1. The average molecular weight is 782 g/mol. The predicted octanol–water partition coefficient (Wildman–Crippen LogP) is 17.6. The largest absolute Gasteiger partial charge is 0.310 e. The molecule has 0 unspecified atom stereocenters. The Labute approximate surface area is 358 Å². The summed E-state index contributed by atoms with van der Waals surface area (Å²) in [5.41, 5.74) is 20.9. The minimum absolute atomic E-state index is 0.100. The summed E-state index contributed by atoms with van der Waals surface area (Å²) in [6.07, 6.45) is 0. The van der Waals surface area contributed by atoms with Crippen LogP contribution in [0.25, 0.3) is 66.1 Å². The Kier molecular flexibility index (Phi) is 9.66. The Bertz CT molecular complexity index is 2930. The normalized spacial score (nSPS) is 12.6. The monoisotopic (exact) mass is 781 g/mol. The van der Waals surface area contributed by atoms with Crippen molar-refractivity contribution in [1.82, 2.24) is 0 Å². The Morgan fingerprint density at radius 1 is 0.383 bits per heavy atom. The van der Waals surface area contributed by atoms with Crippen molar-refractivity contribution >= 4 is 38.6 Å². The first kappa shape index (κ1) is 39.5. The molecule has 0 aromatic heterocycles. The smallest absolute Gasteiger partial charge is 0.0493 e. The maximum atomic E-state index is 2.47. The summed E-state index contributed by atoms with van der Waals surface area (Å²) < 4.78 is 0. The third-order valence-corrected chi connectivity index (χ3v) is 13.0. The van der Waals surface area contributed by atoms with Crippen LogP contribution >= 0.6 is 0 Å². The van der Waals surface area contributed by atoms with Crippen LogP contribution in [-0.4, -0.2) is 0 Å². The number of rotatable bonds is 7. The van der Waals surface area contributed by atoms with Crippen molar-refractivity contribution in [1.29, 1.82) is 0 Å². The maximum absolute atomic E-state index is 2.47. The van der Waals surface area contributed by atoms with E-state index >= 15 is 0 Å². The van der Waals surface area contributed by atoms with E-state index in [9.17, 15) is 0 Å². The molecule has 1 heteroatoms. The molecular weight excluding hydrogens is 723 g/mol. The highest BCUT2D eigenvalue weighted by Crippen LogP contribution is 2.52. The summed E-state index contributed by atoms with van der Waals surface area (Å²) in [6, 6.07) is 56.2. The Morgan fingerprint density at radius 3 is 1.30 bits per heavy atom. The number of aryl methyl sites for hydroxylation is 1. The molecule has 0 N–H and O–H groups in total. The lowest BCUT2D eigenvalue weighted by molar-refractivity contribution is 0.590. The van der Waals surface area contributed by atoms with Crippen LogP contribution in [-0.2, 0) is 10.8 Å². The average Bonchev–Trinajstić information content (AvgIpc) is 3.22. The van der Waals surface area contributed by atoms with Crippen molar-refractivity contribution in [2.45, 2.75) is 98.8 Å². The molecule has 0 bridgehead atoms. The van der Waals surface area contributed by atoms with Gasteiger partial charge in [0, 0.05) is 17.1 Å². The zero-order valence-electron chi connectivity index (χ0n) is 37.5. The molecule has 60 heavy (non-hydrogen) atoms. The summed E-state index contributed by atoms with van der Waals surface area (Å²) in [5.74, 6) is 0.884. The molecule has 0 heterocycles. The van der Waals surface area contributed by atoms with E-state index in [4.69, 9.17) is 0 Å². The first-order valence-electron chi connectivity index (χ1n) is 22.0. The zero-order chi connectivity index (χ0) is 42.2. The van der Waals surface area contributed by atoms with Gasteiger partial charge in [0.2, 0.25) is 0 Å². The van der Waals surface area contributed by atoms with E-state index in [1.54, 1.807) is 0 Å². The molecule has 0 fully saturated rings. The lowest BCUT2D eigenvalue weighted by Crippen LogP contribution is -2.12. The van der Waals surface area contributed by atoms with Gasteiger partial charge in [-0.3, -0.25) is 0 Å². The quantitative estimate of drug-likeness (QED) is 0.156. The van der Waals surface area contributed by atoms with Gasteiger partial charge in [0.05, 0.1) is 0 Å². The van der Waals surface area contributed by atoms with Crippen LogP contribution in [0.5, 0.6) is 0 Å². The topological polar surface area (TPSA) is 3.24 Å². The van der Waals surface area contributed by atoms with Crippen molar-refractivity contribution in [3.63, 3.8) is 0 Å². The van der Waals surface area contributed by atoms with Gasteiger partial charge < -0.3 is 4.90 Å². The molecule has 0 amide bonds. The highest BCUT2D eigenvalue weighted by Gasteiger charge is 2.26. The van der Waals surface area contributed by atoms with Crippen LogP contribution in [0, 0.1) is 6.92 Å². The second-order valence-electron chi connectivity index (χ2n) is 20.0. The van der Waals surface area contributed by atoms with Crippen LogP contribution in [0.15, 0.2) is 146 Å². The number of hydrogen-bond acceptors (Lipinski definition) is 1. The molecule has 8 aromatic carbocycles. The molecule has 1 aliphatic rings. The minimum Gasteiger partial charge on any atom is -0.310 e. The standard InChI is InChI=1S/C59H59N/c1-36(2)41-13-12-14-49(27-41)60(57-35-42(37(3)4)16-15-38(57)5)50-26-21-43-29-53-54(32-44(43)28-50)56-34-46-31-52(40-19-24-48(25-20-40)59(9,10)11)51(30-45(46)33-55(53)56)39-17-22-47(23-18-39)58(6,7)8/h12-37H,1-11H3. The van der Waals surface area contributed by atoms with Crippen molar-refractivity contribution in [2.75, 3.05) is 4.90 Å². The van der Waals surface area contributed by atoms with Crippen LogP contribution in [0.4, 0.5) is 17.1 Å². The fourth-order valence-electron chi connectivity index (χ4n) is 9.06. The third kappa shape index (κ3) is 7.13. The van der Waals surface area contributed by atoms with Gasteiger partial charge in [-0.1, -0.05) is 148 Å². The number of anilines is 3. The van der Waals surface area contributed by atoms with Crippen molar-refractivity contribution < 1.29 is 0 Å². The van der Waals surface area contributed by atoms with Crippen LogP contribution in [0.2, 0.25) is 0 Å². The van der Waals surface area contributed by atoms with Gasteiger partial charge in [-0.05, 0) is 190 Å². The summed E-state index contributed by atoms with van der Waals surface area (Å²) in [6.45, 7) is 25.1. The lowest BCUT2D eigenvalue weighted by Gasteiger charge is -2.30. The molecule has 0 aliphatic heterocycles. The fourth-order valence-corrected chi connectivity index (χ4v) is 9.06. The van der Waals surface area contributed by atoms with Gasteiger partial charge in [-0.25, -0.2) is 0 Å². The van der Waals surface area contributed by atoms with E-state index in [-0.39, 0.29) is 10.8 Å². The van der Waals surface area contributed by atoms with Gasteiger partial charge in [0.25, 0.3) is 0 Å². The van der Waals surface area contributed by atoms with Gasteiger partial charge >= 0.3 is 0 Å². The molecule has 1 nitrogen and oxygen atoms in total. The highest BCUT2D eigenvalue weighted by molar-refractivity contribution is 6.13. The molecule has 0 atom stereocenters. The van der Waals surface area contributed by atoms with E-state index in [0.717, 1.165) is 0 Å². The van der Waals surface area contributed by atoms with E-state index in [1.807, 2.05) is 0 Å². The molecule has 0 spiro atoms. The van der Waals surface area contributed by atoms with Crippen molar-refractivity contribution in [3.05, 3.63) is 173 Å². The Morgan fingerprint density at radius 2 is 0.817 bits per heavy atom. The van der Waals surface area contributed by atoms with Crippen LogP contribution in [0.1, 0.15) is 109 Å². The summed E-state index contributed by atoms with van der Waals surface area (Å²) in [4.78, 5) is 2.47. The highest BCUT2D eigenvalue weighted by atomic mass is 15.1. The van der Waals surface area contributed by atoms with Gasteiger partial charge in [0.15, 0.2) is 0 Å². The second kappa shape index (κ2) is 14.7. The molecule has 0 saturated carbocycles. The van der Waals surface area contributed by atoms with E-state index in [2.05, 4.69) is 227 Å². The second-order valence-corrected chi connectivity index (χ2v) is 20.0. The molecule has 0 saturated heterocycles. The Hall–Kier alpha value is -5.92. The minimum atomic E-state index is 0.100. The predicted molar refractivity (Wildman–Crippen MR) is 262 cm³/mol. The maximum Gasteiger partial charge on any atom is 0.0493 e. The van der Waals surface area contributed by atoms with Crippen LogP contribution in [0.3, 0.4) is 0 Å². The molecule has 8 aromatic rings. The van der Waals surface area contributed by atoms with E-state index in [0.29, 0.717) is 11.8 Å². The number of fused-ring (bicyclic) bond motifs is 6. The number of benzene rings is 8. The third-order valence-electron chi connectivity index (χ3n) is 13.0. The fraction of sp³-hybridized carbons (Fsp3) is 0.254. The molecule has 300 valence electrons. The summed E-state index contributed by atoms with van der Waals surface area (Å²) >= 11 is 0. The lowest BCUT2D eigenvalue weighted by atomic mass is 9.77. The van der Waals surface area contributed by atoms with E-state index in [1.165, 1.54) is 111 Å². The summed E-state index contributed by atoms with van der Waals surface area (Å²) in [5, 5.41) is 5.07. The SMILES string of the molecule is Cc1ccc(C(C)C)cc1N(c1cccc(C(C)C)c1)c1ccc2cc3c(cc2c1)-c1cc2cc(-c4ccc(C(C)(C)C)cc4)c(-c4ccc(C(C)(C)C)cc4)cc2cc1-3.